The number of aromatic nitrogens is 2. The monoisotopic (exact) mass is 496 g/mol. The number of carbonyl (C=O) groups is 1. The number of benzene rings is 2. The van der Waals surface area contributed by atoms with Crippen molar-refractivity contribution < 1.29 is 13.2 Å². The highest BCUT2D eigenvalue weighted by atomic mass is 32.2. The summed E-state index contributed by atoms with van der Waals surface area (Å²) in [6.07, 6.45) is 1.53. The fourth-order valence-corrected chi connectivity index (χ4v) is 5.62. The van der Waals surface area contributed by atoms with E-state index in [-0.39, 0.29) is 29.3 Å². The third-order valence-electron chi connectivity index (χ3n) is 5.55. The van der Waals surface area contributed by atoms with Gasteiger partial charge in [0.2, 0.25) is 5.91 Å². The van der Waals surface area contributed by atoms with Crippen LogP contribution in [0, 0.1) is 20.8 Å². The number of nitrogens with one attached hydrogen (secondary N) is 2. The third-order valence-corrected chi connectivity index (χ3v) is 8.05. The fourth-order valence-electron chi connectivity index (χ4n) is 3.49. The molecular formula is C24H24N4O4S2. The molecule has 0 spiro atoms. The molecule has 0 radical (unpaired) electrons. The number of hydrogen-bond acceptors (Lipinski definition) is 6. The summed E-state index contributed by atoms with van der Waals surface area (Å²) in [5, 5.41) is 3.37. The summed E-state index contributed by atoms with van der Waals surface area (Å²) < 4.78 is 29.3. The molecule has 1 amide bonds. The van der Waals surface area contributed by atoms with Crippen LogP contribution in [0.2, 0.25) is 0 Å². The first-order valence-corrected chi connectivity index (χ1v) is 12.9. The lowest BCUT2D eigenvalue weighted by molar-refractivity contribution is -0.116. The Kier molecular flexibility index (Phi) is 6.54. The number of hydrogen-bond donors (Lipinski definition) is 2. The fraction of sp³-hybridized carbons (Fsp3) is 0.208. The van der Waals surface area contributed by atoms with Crippen LogP contribution in [0.4, 0.5) is 11.4 Å². The number of anilines is 2. The van der Waals surface area contributed by atoms with Crippen LogP contribution in [0.3, 0.4) is 0 Å². The van der Waals surface area contributed by atoms with E-state index >= 15 is 0 Å². The molecule has 2 heterocycles. The molecule has 10 heteroatoms. The molecule has 2 N–H and O–H groups in total. The van der Waals surface area contributed by atoms with Gasteiger partial charge in [-0.25, -0.2) is 13.4 Å². The highest BCUT2D eigenvalue weighted by Crippen LogP contribution is 2.26. The maximum Gasteiger partial charge on any atom is 0.262 e. The van der Waals surface area contributed by atoms with Crippen LogP contribution >= 0.6 is 11.3 Å². The smallest absolute Gasteiger partial charge is 0.262 e. The van der Waals surface area contributed by atoms with Gasteiger partial charge in [-0.05, 0) is 56.2 Å². The molecule has 176 valence electrons. The van der Waals surface area contributed by atoms with Crippen molar-refractivity contribution in [3.05, 3.63) is 81.2 Å². The van der Waals surface area contributed by atoms with E-state index < -0.39 is 10.0 Å². The quantitative estimate of drug-likeness (QED) is 0.398. The van der Waals surface area contributed by atoms with Crippen molar-refractivity contribution in [2.24, 2.45) is 0 Å². The molecule has 0 saturated heterocycles. The first-order chi connectivity index (χ1) is 16.2. The summed E-state index contributed by atoms with van der Waals surface area (Å²) >= 11 is 1.48. The Labute approximate surface area is 201 Å². The average Bonchev–Trinajstić information content (AvgIpc) is 3.10. The summed E-state index contributed by atoms with van der Waals surface area (Å²) in [6.45, 7) is 5.81. The summed E-state index contributed by atoms with van der Waals surface area (Å²) in [4.78, 5) is 31.6. The van der Waals surface area contributed by atoms with Gasteiger partial charge < -0.3 is 5.32 Å². The largest absolute Gasteiger partial charge is 0.326 e. The minimum atomic E-state index is -3.76. The number of rotatable bonds is 7. The lowest BCUT2D eigenvalue weighted by Gasteiger charge is -2.13. The Bertz CT molecular complexity index is 1540. The van der Waals surface area contributed by atoms with Crippen molar-refractivity contribution in [2.75, 3.05) is 10.0 Å². The van der Waals surface area contributed by atoms with Gasteiger partial charge in [-0.3, -0.25) is 18.9 Å². The van der Waals surface area contributed by atoms with Crippen molar-refractivity contribution in [3.63, 3.8) is 0 Å². The summed E-state index contributed by atoms with van der Waals surface area (Å²) in [5.74, 6) is -0.300. The van der Waals surface area contributed by atoms with Crippen LogP contribution in [0.25, 0.3) is 10.2 Å². The van der Waals surface area contributed by atoms with E-state index in [9.17, 15) is 18.0 Å². The summed E-state index contributed by atoms with van der Waals surface area (Å²) in [6, 6.07) is 13.1. The van der Waals surface area contributed by atoms with Crippen LogP contribution in [0.5, 0.6) is 0 Å². The first-order valence-electron chi connectivity index (χ1n) is 10.6. The zero-order valence-corrected chi connectivity index (χ0v) is 20.6. The predicted octanol–water partition coefficient (Wildman–Crippen LogP) is 4.21. The SMILES string of the molecule is Cc1ccc(NC(=O)CCn2cnc3sc(C)c(C)c3c2=O)cc1NS(=O)(=O)c1ccccc1. The molecule has 4 rings (SSSR count). The molecule has 0 saturated carbocycles. The van der Waals surface area contributed by atoms with E-state index in [1.54, 1.807) is 43.3 Å². The van der Waals surface area contributed by atoms with Crippen molar-refractivity contribution in [1.82, 2.24) is 9.55 Å². The molecule has 34 heavy (non-hydrogen) atoms. The Morgan fingerprint density at radius 3 is 2.56 bits per heavy atom. The van der Waals surface area contributed by atoms with Gasteiger partial charge in [0.25, 0.3) is 15.6 Å². The standard InChI is InChI=1S/C24H24N4O4S2/c1-15-9-10-18(13-20(15)27-34(31,32)19-7-5-4-6-8-19)26-21(29)11-12-28-14-25-23-22(24(28)30)16(2)17(3)33-23/h4-10,13-14,27H,11-12H2,1-3H3,(H,26,29). The van der Waals surface area contributed by atoms with Gasteiger partial charge >= 0.3 is 0 Å². The number of nitrogens with zero attached hydrogens (tertiary/aromatic N) is 2. The lowest BCUT2D eigenvalue weighted by atomic mass is 10.2. The maximum atomic E-state index is 12.8. The first kappa shape index (κ1) is 23.7. The number of thiophene rings is 1. The molecular weight excluding hydrogens is 472 g/mol. The zero-order valence-electron chi connectivity index (χ0n) is 19.0. The van der Waals surface area contributed by atoms with E-state index in [1.807, 2.05) is 13.8 Å². The molecule has 0 aliphatic rings. The molecule has 0 aliphatic carbocycles. The van der Waals surface area contributed by atoms with Gasteiger partial charge in [0.05, 0.1) is 22.3 Å². The topological polar surface area (TPSA) is 110 Å². The van der Waals surface area contributed by atoms with Crippen LogP contribution in [-0.2, 0) is 21.4 Å². The number of carbonyl (C=O) groups excluding carboxylic acids is 1. The number of amides is 1. The second kappa shape index (κ2) is 9.40. The molecule has 2 aromatic heterocycles. The van der Waals surface area contributed by atoms with Gasteiger partial charge in [0.1, 0.15) is 4.83 Å². The lowest BCUT2D eigenvalue weighted by Crippen LogP contribution is -2.23. The maximum absolute atomic E-state index is 12.8. The molecule has 0 unspecified atom stereocenters. The molecule has 2 aromatic carbocycles. The van der Waals surface area contributed by atoms with Crippen molar-refractivity contribution in [1.29, 1.82) is 0 Å². The van der Waals surface area contributed by atoms with E-state index in [0.717, 1.165) is 10.4 Å². The molecule has 8 nitrogen and oxygen atoms in total. The third kappa shape index (κ3) is 4.87. The van der Waals surface area contributed by atoms with Crippen molar-refractivity contribution in [3.8, 4) is 0 Å². The van der Waals surface area contributed by atoms with E-state index in [0.29, 0.717) is 27.2 Å². The Morgan fingerprint density at radius 1 is 1.09 bits per heavy atom. The van der Waals surface area contributed by atoms with Gasteiger partial charge in [-0.15, -0.1) is 11.3 Å². The van der Waals surface area contributed by atoms with Crippen LogP contribution in [0.1, 0.15) is 22.4 Å². The highest BCUT2D eigenvalue weighted by molar-refractivity contribution is 7.92. The minimum Gasteiger partial charge on any atom is -0.326 e. The van der Waals surface area contributed by atoms with E-state index in [1.165, 1.54) is 34.4 Å². The van der Waals surface area contributed by atoms with E-state index in [2.05, 4.69) is 15.0 Å². The molecule has 0 fully saturated rings. The van der Waals surface area contributed by atoms with Crippen molar-refractivity contribution in [2.45, 2.75) is 38.6 Å². The predicted molar refractivity (Wildman–Crippen MR) is 135 cm³/mol. The zero-order chi connectivity index (χ0) is 24.5. The second-order valence-electron chi connectivity index (χ2n) is 7.95. The number of fused-ring (bicyclic) bond motifs is 1. The minimum absolute atomic E-state index is 0.0637. The normalized spacial score (nSPS) is 11.5. The number of aryl methyl sites for hydroxylation is 4. The Hall–Kier alpha value is -3.50. The van der Waals surface area contributed by atoms with Crippen LogP contribution in [-0.4, -0.2) is 23.9 Å². The summed E-state index contributed by atoms with van der Waals surface area (Å²) in [5.41, 5.74) is 2.29. The summed E-state index contributed by atoms with van der Waals surface area (Å²) in [7, 11) is -3.76. The van der Waals surface area contributed by atoms with Gasteiger partial charge in [-0.1, -0.05) is 24.3 Å². The average molecular weight is 497 g/mol. The van der Waals surface area contributed by atoms with E-state index in [4.69, 9.17) is 0 Å². The molecule has 0 bridgehead atoms. The molecule has 4 aromatic rings. The Morgan fingerprint density at radius 2 is 1.82 bits per heavy atom. The highest BCUT2D eigenvalue weighted by Gasteiger charge is 2.16. The molecule has 0 atom stereocenters. The second-order valence-corrected chi connectivity index (χ2v) is 10.8. The van der Waals surface area contributed by atoms with Crippen LogP contribution < -0.4 is 15.6 Å². The van der Waals surface area contributed by atoms with Gasteiger partial charge in [-0.2, -0.15) is 0 Å². The van der Waals surface area contributed by atoms with Crippen molar-refractivity contribution >= 4 is 48.9 Å². The van der Waals surface area contributed by atoms with Gasteiger partial charge in [0.15, 0.2) is 0 Å². The van der Waals surface area contributed by atoms with Crippen LogP contribution in [0.15, 0.2) is 64.5 Å². The Balaban J connectivity index is 1.46. The number of sulfonamides is 1. The van der Waals surface area contributed by atoms with Gasteiger partial charge in [0, 0.05) is 23.5 Å². The molecule has 0 aliphatic heterocycles.